The quantitative estimate of drug-likeness (QED) is 0.787. The number of nitrogens with zero attached hydrogens (tertiary/aromatic N) is 1. The topological polar surface area (TPSA) is 66.5 Å². The number of rotatable bonds is 5. The predicted molar refractivity (Wildman–Crippen MR) is 84.2 cm³/mol. The van der Waals surface area contributed by atoms with E-state index in [9.17, 15) is 14.4 Å². The van der Waals surface area contributed by atoms with Crippen molar-refractivity contribution >= 4 is 17.7 Å². The van der Waals surface area contributed by atoms with Crippen LogP contribution in [-0.2, 0) is 14.4 Å². The lowest BCUT2D eigenvalue weighted by Crippen LogP contribution is -2.51. The Morgan fingerprint density at radius 3 is 2.04 bits per heavy atom. The van der Waals surface area contributed by atoms with Crippen LogP contribution in [0.25, 0.3) is 0 Å². The smallest absolute Gasteiger partial charge is 0.229 e. The second-order valence-electron chi connectivity index (χ2n) is 8.38. The molecule has 1 saturated heterocycles. The minimum absolute atomic E-state index is 0.0201. The van der Waals surface area contributed by atoms with Crippen LogP contribution in [0.15, 0.2) is 0 Å². The average Bonchev–Trinajstić information content (AvgIpc) is 2.81. The molecule has 5 aliphatic rings. The van der Waals surface area contributed by atoms with E-state index in [1.165, 1.54) is 43.4 Å². The number of carbonyl (C=O) groups is 3. The molecule has 3 amide bonds. The van der Waals surface area contributed by atoms with Crippen molar-refractivity contribution in [1.82, 2.24) is 10.2 Å². The second-order valence-corrected chi connectivity index (χ2v) is 8.38. The van der Waals surface area contributed by atoms with Crippen LogP contribution in [0.4, 0.5) is 0 Å². The molecule has 126 valence electrons. The van der Waals surface area contributed by atoms with Gasteiger partial charge in [-0.2, -0.15) is 0 Å². The van der Waals surface area contributed by atoms with Crippen LogP contribution >= 0.6 is 0 Å². The van der Waals surface area contributed by atoms with E-state index in [1.807, 2.05) is 0 Å². The fourth-order valence-corrected chi connectivity index (χ4v) is 5.97. The zero-order valence-corrected chi connectivity index (χ0v) is 13.7. The molecule has 1 aliphatic heterocycles. The largest absolute Gasteiger partial charge is 0.355 e. The van der Waals surface area contributed by atoms with E-state index < -0.39 is 0 Å². The fraction of sp³-hybridized carbons (Fsp3) is 0.833. The van der Waals surface area contributed by atoms with Gasteiger partial charge in [-0.3, -0.25) is 19.3 Å². The lowest BCUT2D eigenvalue weighted by molar-refractivity contribution is -0.138. The second kappa shape index (κ2) is 5.60. The summed E-state index contributed by atoms with van der Waals surface area (Å²) in [5.74, 6) is 2.37. The van der Waals surface area contributed by atoms with Gasteiger partial charge in [0, 0.05) is 32.4 Å². The first kappa shape index (κ1) is 15.2. The fourth-order valence-electron chi connectivity index (χ4n) is 5.97. The highest BCUT2D eigenvalue weighted by atomic mass is 16.2. The van der Waals surface area contributed by atoms with Crippen LogP contribution in [0.2, 0.25) is 0 Å². The maximum Gasteiger partial charge on any atom is 0.229 e. The Hall–Kier alpha value is -1.39. The Morgan fingerprint density at radius 1 is 1.00 bits per heavy atom. The first-order valence-corrected chi connectivity index (χ1v) is 9.13. The van der Waals surface area contributed by atoms with Crippen LogP contribution in [0, 0.1) is 23.2 Å². The van der Waals surface area contributed by atoms with Gasteiger partial charge >= 0.3 is 0 Å². The molecule has 1 N–H and O–H groups in total. The Bertz CT molecular complexity index is 491. The van der Waals surface area contributed by atoms with E-state index in [4.69, 9.17) is 0 Å². The maximum absolute atomic E-state index is 12.1. The Balaban J connectivity index is 1.27. The zero-order valence-electron chi connectivity index (χ0n) is 13.7. The number of likely N-dealkylation sites (tertiary alicyclic amines) is 1. The Morgan fingerprint density at radius 2 is 1.52 bits per heavy atom. The standard InChI is InChI=1S/C18H26N2O3/c21-15(3-4-20-16(22)1-2-17(20)23)19-11-18-8-12-5-13(9-18)7-14(6-12)10-18/h12-14H,1-11H2,(H,19,21). The first-order chi connectivity index (χ1) is 11.0. The van der Waals surface area contributed by atoms with Crippen LogP contribution in [0.1, 0.15) is 57.8 Å². The van der Waals surface area contributed by atoms with Crippen LogP contribution in [-0.4, -0.2) is 35.7 Å². The number of amides is 3. The first-order valence-electron chi connectivity index (χ1n) is 9.13. The minimum Gasteiger partial charge on any atom is -0.355 e. The van der Waals surface area contributed by atoms with E-state index in [0.29, 0.717) is 18.3 Å². The monoisotopic (exact) mass is 318 g/mol. The molecule has 0 atom stereocenters. The molecule has 5 rings (SSSR count). The van der Waals surface area contributed by atoms with Gasteiger partial charge < -0.3 is 5.32 Å². The van der Waals surface area contributed by atoms with Crippen molar-refractivity contribution in [2.24, 2.45) is 23.2 Å². The van der Waals surface area contributed by atoms with Gasteiger partial charge in [-0.25, -0.2) is 0 Å². The van der Waals surface area contributed by atoms with E-state index in [2.05, 4.69) is 5.32 Å². The molecule has 0 aromatic rings. The number of imide groups is 1. The molecule has 4 aliphatic carbocycles. The van der Waals surface area contributed by atoms with Crippen molar-refractivity contribution in [3.8, 4) is 0 Å². The molecule has 1 heterocycles. The molecule has 4 bridgehead atoms. The highest BCUT2D eigenvalue weighted by molar-refractivity contribution is 6.02. The number of hydrogen-bond donors (Lipinski definition) is 1. The van der Waals surface area contributed by atoms with Gasteiger partial charge in [-0.1, -0.05) is 0 Å². The molecule has 5 heteroatoms. The Labute approximate surface area is 137 Å². The van der Waals surface area contributed by atoms with Crippen molar-refractivity contribution in [1.29, 1.82) is 0 Å². The SMILES string of the molecule is O=C(CCN1C(=O)CCC1=O)NCC12CC3CC(CC(C3)C1)C2. The van der Waals surface area contributed by atoms with Gasteiger partial charge in [0.2, 0.25) is 17.7 Å². The maximum atomic E-state index is 12.1. The summed E-state index contributed by atoms with van der Waals surface area (Å²) >= 11 is 0. The van der Waals surface area contributed by atoms with Gasteiger partial charge in [-0.15, -0.1) is 0 Å². The van der Waals surface area contributed by atoms with Crippen molar-refractivity contribution in [3.63, 3.8) is 0 Å². The van der Waals surface area contributed by atoms with E-state index in [0.717, 1.165) is 24.3 Å². The molecule has 23 heavy (non-hydrogen) atoms. The van der Waals surface area contributed by atoms with Crippen LogP contribution < -0.4 is 5.32 Å². The normalized spacial score (nSPS) is 38.4. The molecule has 4 saturated carbocycles. The summed E-state index contributed by atoms with van der Waals surface area (Å²) < 4.78 is 0. The number of nitrogens with one attached hydrogen (secondary N) is 1. The Kier molecular flexibility index (Phi) is 3.69. The highest BCUT2D eigenvalue weighted by Crippen LogP contribution is 2.59. The minimum atomic E-state index is -0.135. The van der Waals surface area contributed by atoms with Crippen molar-refractivity contribution in [3.05, 3.63) is 0 Å². The molecular weight excluding hydrogens is 292 g/mol. The van der Waals surface area contributed by atoms with Gasteiger partial charge in [0.05, 0.1) is 0 Å². The van der Waals surface area contributed by atoms with Gasteiger partial charge in [0.1, 0.15) is 0 Å². The van der Waals surface area contributed by atoms with Crippen molar-refractivity contribution in [2.75, 3.05) is 13.1 Å². The summed E-state index contributed by atoms with van der Waals surface area (Å²) in [6.07, 6.45) is 8.91. The number of carbonyl (C=O) groups excluding carboxylic acids is 3. The van der Waals surface area contributed by atoms with Crippen LogP contribution in [0.5, 0.6) is 0 Å². The van der Waals surface area contributed by atoms with Gasteiger partial charge in [0.15, 0.2) is 0 Å². The molecule has 0 aromatic heterocycles. The predicted octanol–water partition coefficient (Wildman–Crippen LogP) is 1.86. The van der Waals surface area contributed by atoms with Gasteiger partial charge in [-0.05, 0) is 61.7 Å². The lowest BCUT2D eigenvalue weighted by Gasteiger charge is -2.56. The van der Waals surface area contributed by atoms with Crippen LogP contribution in [0.3, 0.4) is 0 Å². The third-order valence-corrected chi connectivity index (χ3v) is 6.54. The molecule has 5 nitrogen and oxygen atoms in total. The summed E-state index contributed by atoms with van der Waals surface area (Å²) in [6.45, 7) is 1.03. The summed E-state index contributed by atoms with van der Waals surface area (Å²) in [5.41, 5.74) is 0.337. The third-order valence-electron chi connectivity index (χ3n) is 6.54. The molecule has 0 aromatic carbocycles. The highest BCUT2D eigenvalue weighted by Gasteiger charge is 2.50. The molecule has 0 spiro atoms. The van der Waals surface area contributed by atoms with E-state index in [-0.39, 0.29) is 30.7 Å². The summed E-state index contributed by atoms with van der Waals surface area (Å²) in [5, 5.41) is 3.11. The van der Waals surface area contributed by atoms with Gasteiger partial charge in [0.25, 0.3) is 0 Å². The molecular formula is C18H26N2O3. The number of hydrogen-bond acceptors (Lipinski definition) is 3. The van der Waals surface area contributed by atoms with E-state index in [1.54, 1.807) is 0 Å². The molecule has 0 unspecified atom stereocenters. The molecule has 5 fully saturated rings. The van der Waals surface area contributed by atoms with Crippen molar-refractivity contribution in [2.45, 2.75) is 57.8 Å². The summed E-state index contributed by atoms with van der Waals surface area (Å²) in [6, 6.07) is 0. The molecule has 0 radical (unpaired) electrons. The summed E-state index contributed by atoms with van der Waals surface area (Å²) in [7, 11) is 0. The van der Waals surface area contributed by atoms with Crippen molar-refractivity contribution < 1.29 is 14.4 Å². The summed E-state index contributed by atoms with van der Waals surface area (Å²) in [4.78, 5) is 36.5. The third kappa shape index (κ3) is 2.90. The zero-order chi connectivity index (χ0) is 16.0. The van der Waals surface area contributed by atoms with E-state index >= 15 is 0 Å². The lowest BCUT2D eigenvalue weighted by atomic mass is 9.49. The average molecular weight is 318 g/mol.